The number of likely N-dealkylation sites (N-methyl/N-ethyl adjacent to an activating group) is 1. The maximum Gasteiger partial charge on any atom is 0.252 e. The van der Waals surface area contributed by atoms with Gasteiger partial charge in [-0.25, -0.2) is 0 Å². The molecule has 0 bridgehead atoms. The number of hydrogen-bond acceptors (Lipinski definition) is 7. The number of aliphatic hydroxyl groups excluding tert-OH is 1. The van der Waals surface area contributed by atoms with E-state index in [0.29, 0.717) is 17.6 Å². The van der Waals surface area contributed by atoms with Gasteiger partial charge in [0.25, 0.3) is 5.91 Å². The molecule has 3 aliphatic carbocycles. The van der Waals surface area contributed by atoms with Crippen LogP contribution < -0.4 is 5.73 Å². The quantitative estimate of drug-likeness (QED) is 0.522. The van der Waals surface area contributed by atoms with Gasteiger partial charge in [-0.1, -0.05) is 12.1 Å². The second kappa shape index (κ2) is 6.52. The van der Waals surface area contributed by atoms with E-state index in [1.54, 1.807) is 38.1 Å². The fourth-order valence-corrected chi connectivity index (χ4v) is 5.57. The zero-order valence-electron chi connectivity index (χ0n) is 17.0. The Hall–Kier alpha value is -2.97. The number of carbonyl (C=O) groups is 3. The van der Waals surface area contributed by atoms with E-state index in [9.17, 15) is 29.7 Å². The third-order valence-electron chi connectivity index (χ3n) is 6.76. The normalized spacial score (nSPS) is 30.9. The van der Waals surface area contributed by atoms with E-state index in [4.69, 9.17) is 5.73 Å². The maximum atomic E-state index is 13.2. The van der Waals surface area contributed by atoms with Gasteiger partial charge < -0.3 is 26.0 Å². The molecule has 0 aliphatic heterocycles. The van der Waals surface area contributed by atoms with Crippen molar-refractivity contribution in [2.75, 3.05) is 14.1 Å². The molecule has 3 aliphatic rings. The Balaban J connectivity index is 1.97. The van der Waals surface area contributed by atoms with Crippen molar-refractivity contribution in [1.29, 1.82) is 0 Å². The number of Topliss-reactive ketones (excluding diaryl/α,β-unsaturated/α-hetero) is 2. The molecule has 30 heavy (non-hydrogen) atoms. The van der Waals surface area contributed by atoms with Crippen LogP contribution in [0.15, 0.2) is 40.7 Å². The molecule has 4 rings (SSSR count). The van der Waals surface area contributed by atoms with Gasteiger partial charge in [-0.2, -0.15) is 0 Å². The van der Waals surface area contributed by atoms with Crippen LogP contribution in [-0.4, -0.2) is 63.4 Å². The SMILES string of the molecule is CC1=C(C(N)=O)C(=O)[C@@]2(O)C(O)=C3C(=O)c4c(O)cccc4C[C@H]3C[C@H]2[C@@H]1N(C)C. The summed E-state index contributed by atoms with van der Waals surface area (Å²) >= 11 is 0. The first-order valence-electron chi connectivity index (χ1n) is 9.75. The van der Waals surface area contributed by atoms with Crippen molar-refractivity contribution in [1.82, 2.24) is 4.90 Å². The minimum absolute atomic E-state index is 0.0617. The lowest BCUT2D eigenvalue weighted by atomic mass is 9.57. The van der Waals surface area contributed by atoms with E-state index < -0.39 is 46.7 Å². The smallest absolute Gasteiger partial charge is 0.252 e. The number of primary amides is 1. The van der Waals surface area contributed by atoms with Crippen molar-refractivity contribution in [3.05, 3.63) is 51.8 Å². The molecule has 0 fully saturated rings. The maximum absolute atomic E-state index is 13.2. The van der Waals surface area contributed by atoms with Crippen molar-refractivity contribution >= 4 is 17.5 Å². The lowest BCUT2D eigenvalue weighted by molar-refractivity contribution is -0.146. The molecule has 8 heteroatoms. The Bertz CT molecular complexity index is 1070. The summed E-state index contributed by atoms with van der Waals surface area (Å²) in [7, 11) is 3.50. The monoisotopic (exact) mass is 412 g/mol. The molecule has 8 nitrogen and oxygen atoms in total. The molecule has 158 valence electrons. The Kier molecular flexibility index (Phi) is 4.41. The zero-order chi connectivity index (χ0) is 22.1. The molecular formula is C22H24N2O6. The van der Waals surface area contributed by atoms with E-state index in [1.165, 1.54) is 6.07 Å². The Morgan fingerprint density at radius 1 is 1.23 bits per heavy atom. The van der Waals surface area contributed by atoms with Crippen LogP contribution in [0.5, 0.6) is 5.75 Å². The van der Waals surface area contributed by atoms with Crippen molar-refractivity contribution in [2.45, 2.75) is 31.4 Å². The van der Waals surface area contributed by atoms with E-state index in [0.717, 1.165) is 0 Å². The van der Waals surface area contributed by atoms with Crippen molar-refractivity contribution in [3.8, 4) is 5.75 Å². The van der Waals surface area contributed by atoms with Gasteiger partial charge in [0.2, 0.25) is 5.78 Å². The highest BCUT2D eigenvalue weighted by Crippen LogP contribution is 2.52. The lowest BCUT2D eigenvalue weighted by Crippen LogP contribution is -2.63. The topological polar surface area (TPSA) is 141 Å². The zero-order valence-corrected chi connectivity index (χ0v) is 17.0. The molecule has 0 radical (unpaired) electrons. The number of fused-ring (bicyclic) bond motifs is 3. The molecule has 0 saturated carbocycles. The number of carbonyl (C=O) groups excluding carboxylic acids is 3. The minimum Gasteiger partial charge on any atom is -0.508 e. The summed E-state index contributed by atoms with van der Waals surface area (Å²) in [5.74, 6) is -4.78. The van der Waals surface area contributed by atoms with E-state index >= 15 is 0 Å². The van der Waals surface area contributed by atoms with Gasteiger partial charge in [0.1, 0.15) is 11.5 Å². The highest BCUT2D eigenvalue weighted by atomic mass is 16.3. The molecule has 1 aromatic rings. The van der Waals surface area contributed by atoms with Crippen molar-refractivity contribution < 1.29 is 29.7 Å². The van der Waals surface area contributed by atoms with E-state index in [1.807, 2.05) is 0 Å². The van der Waals surface area contributed by atoms with Crippen LogP contribution in [0.2, 0.25) is 0 Å². The van der Waals surface area contributed by atoms with Gasteiger partial charge in [0.05, 0.1) is 11.1 Å². The predicted octanol–water partition coefficient (Wildman–Crippen LogP) is 0.625. The molecule has 4 atom stereocenters. The Morgan fingerprint density at radius 2 is 1.90 bits per heavy atom. The van der Waals surface area contributed by atoms with Gasteiger partial charge in [-0.15, -0.1) is 0 Å². The molecule has 1 aromatic carbocycles. The Labute approximate surface area is 173 Å². The molecule has 0 saturated heterocycles. The van der Waals surface area contributed by atoms with Crippen molar-refractivity contribution in [3.63, 3.8) is 0 Å². The van der Waals surface area contributed by atoms with Crippen LogP contribution in [0.25, 0.3) is 0 Å². The average molecular weight is 412 g/mol. The summed E-state index contributed by atoms with van der Waals surface area (Å²) in [4.78, 5) is 40.2. The number of nitrogens with two attached hydrogens (primary N) is 1. The standard InChI is InChI=1S/C22H24N2O6/c1-9-14(21(23)29)19(27)22(30)12(17(9)24(2)3)8-11-7-10-5-4-6-13(25)15(10)18(26)16(11)20(22)28/h4-6,11-12,17,25,28,30H,7-8H2,1-3H3,(H2,23,29)/t11-,12-,17+,22+/m0/s1. The fourth-order valence-electron chi connectivity index (χ4n) is 5.57. The van der Waals surface area contributed by atoms with Crippen LogP contribution in [0.1, 0.15) is 29.3 Å². The molecule has 0 spiro atoms. The summed E-state index contributed by atoms with van der Waals surface area (Å²) in [5.41, 5.74) is 3.70. The molecule has 0 unspecified atom stereocenters. The number of hydrogen-bond donors (Lipinski definition) is 4. The van der Waals surface area contributed by atoms with Crippen LogP contribution >= 0.6 is 0 Å². The van der Waals surface area contributed by atoms with E-state index in [-0.39, 0.29) is 28.9 Å². The number of aromatic hydroxyl groups is 1. The van der Waals surface area contributed by atoms with Crippen molar-refractivity contribution in [2.24, 2.45) is 17.6 Å². The summed E-state index contributed by atoms with van der Waals surface area (Å²) < 4.78 is 0. The molecule has 5 N–H and O–H groups in total. The number of phenolic OH excluding ortho intramolecular Hbond substituents is 1. The Morgan fingerprint density at radius 3 is 2.50 bits per heavy atom. The number of amides is 1. The second-order valence-corrected chi connectivity index (χ2v) is 8.57. The lowest BCUT2D eigenvalue weighted by Gasteiger charge is -2.51. The third-order valence-corrected chi connectivity index (χ3v) is 6.76. The summed E-state index contributed by atoms with van der Waals surface area (Å²) in [6.45, 7) is 1.62. The van der Waals surface area contributed by atoms with Gasteiger partial charge in [-0.3, -0.25) is 14.4 Å². The molecule has 0 aromatic heterocycles. The number of rotatable bonds is 2. The second-order valence-electron chi connectivity index (χ2n) is 8.57. The van der Waals surface area contributed by atoms with Gasteiger partial charge in [0.15, 0.2) is 11.4 Å². The average Bonchev–Trinajstić information content (AvgIpc) is 2.64. The highest BCUT2D eigenvalue weighted by molar-refractivity contribution is 6.25. The van der Waals surface area contributed by atoms with Gasteiger partial charge >= 0.3 is 0 Å². The first-order valence-corrected chi connectivity index (χ1v) is 9.75. The first kappa shape index (κ1) is 20.3. The predicted molar refractivity (Wildman–Crippen MR) is 107 cm³/mol. The number of benzene rings is 1. The van der Waals surface area contributed by atoms with Crippen LogP contribution in [0.4, 0.5) is 0 Å². The third kappa shape index (κ3) is 2.44. The number of phenols is 1. The number of ketones is 2. The largest absolute Gasteiger partial charge is 0.508 e. The number of nitrogens with zero attached hydrogens (tertiary/aromatic N) is 1. The summed E-state index contributed by atoms with van der Waals surface area (Å²) in [6.07, 6.45) is 0.621. The highest BCUT2D eigenvalue weighted by Gasteiger charge is 2.62. The van der Waals surface area contributed by atoms with Crippen LogP contribution in [0, 0.1) is 11.8 Å². The fraction of sp³-hybridized carbons (Fsp3) is 0.409. The summed E-state index contributed by atoms with van der Waals surface area (Å²) in [5, 5.41) is 32.8. The van der Waals surface area contributed by atoms with Crippen LogP contribution in [-0.2, 0) is 16.0 Å². The van der Waals surface area contributed by atoms with Gasteiger partial charge in [0, 0.05) is 17.5 Å². The summed E-state index contributed by atoms with van der Waals surface area (Å²) in [6, 6.07) is 4.22. The minimum atomic E-state index is -2.44. The van der Waals surface area contributed by atoms with Crippen LogP contribution in [0.3, 0.4) is 0 Å². The van der Waals surface area contributed by atoms with Gasteiger partial charge in [-0.05, 0) is 57.0 Å². The molecular weight excluding hydrogens is 388 g/mol. The number of allylic oxidation sites excluding steroid dienone is 1. The first-order chi connectivity index (χ1) is 14.0. The number of aliphatic hydroxyl groups is 2. The molecule has 1 amide bonds. The molecule has 0 heterocycles. The van der Waals surface area contributed by atoms with E-state index in [2.05, 4.69) is 0 Å².